The van der Waals surface area contributed by atoms with Gasteiger partial charge in [0, 0.05) is 25.3 Å². The standard InChI is InChI=1S/C14H20N4O4/c1-10(2)22-14(19)17-7-4-11(5-8-17)16-12-3-6-15-9-13(12)18(20)21/h3,6,9-11H,4-5,7-8H2,1-2H3,(H,15,16). The first-order valence-electron chi connectivity index (χ1n) is 7.28. The molecule has 1 N–H and O–H groups in total. The van der Waals surface area contributed by atoms with Gasteiger partial charge in [-0.2, -0.15) is 0 Å². The number of ether oxygens (including phenoxy) is 1. The van der Waals surface area contributed by atoms with E-state index in [1.54, 1.807) is 11.0 Å². The Kier molecular flexibility index (Phi) is 5.13. The molecule has 1 saturated heterocycles. The minimum atomic E-state index is -0.454. The molecule has 1 fully saturated rings. The highest BCUT2D eigenvalue weighted by molar-refractivity contribution is 5.68. The maximum atomic E-state index is 11.8. The molecule has 8 nitrogen and oxygen atoms in total. The number of nitrogens with zero attached hydrogens (tertiary/aromatic N) is 3. The number of carbonyl (C=O) groups is 1. The molecule has 1 amide bonds. The molecule has 22 heavy (non-hydrogen) atoms. The van der Waals surface area contributed by atoms with Gasteiger partial charge in [-0.1, -0.05) is 0 Å². The lowest BCUT2D eigenvalue weighted by Crippen LogP contribution is -2.43. The second-order valence-electron chi connectivity index (χ2n) is 5.49. The van der Waals surface area contributed by atoms with Gasteiger partial charge in [0.15, 0.2) is 0 Å². The van der Waals surface area contributed by atoms with Gasteiger partial charge in [-0.05, 0) is 32.8 Å². The zero-order valence-corrected chi connectivity index (χ0v) is 12.7. The number of carbonyl (C=O) groups excluding carboxylic acids is 1. The highest BCUT2D eigenvalue weighted by Gasteiger charge is 2.25. The molecule has 0 atom stereocenters. The molecular formula is C14H20N4O4. The molecule has 0 unspecified atom stereocenters. The molecule has 1 aromatic rings. The van der Waals surface area contributed by atoms with Crippen molar-refractivity contribution in [2.75, 3.05) is 18.4 Å². The number of likely N-dealkylation sites (tertiary alicyclic amines) is 1. The smallest absolute Gasteiger partial charge is 0.410 e. The minimum Gasteiger partial charge on any atom is -0.447 e. The summed E-state index contributed by atoms with van der Waals surface area (Å²) >= 11 is 0. The number of aromatic nitrogens is 1. The lowest BCUT2D eigenvalue weighted by Gasteiger charge is -2.32. The average Bonchev–Trinajstić information content (AvgIpc) is 2.47. The first kappa shape index (κ1) is 16.0. The van der Waals surface area contributed by atoms with Crippen LogP contribution < -0.4 is 5.32 Å². The number of hydrogen-bond donors (Lipinski definition) is 1. The fraction of sp³-hybridized carbons (Fsp3) is 0.571. The van der Waals surface area contributed by atoms with Gasteiger partial charge in [-0.3, -0.25) is 15.1 Å². The zero-order valence-electron chi connectivity index (χ0n) is 12.7. The minimum absolute atomic E-state index is 0.0378. The molecule has 2 heterocycles. The molecule has 2 rings (SSSR count). The summed E-state index contributed by atoms with van der Waals surface area (Å²) in [5, 5.41) is 14.1. The van der Waals surface area contributed by atoms with Crippen LogP contribution in [0.3, 0.4) is 0 Å². The van der Waals surface area contributed by atoms with E-state index in [4.69, 9.17) is 4.74 Å². The number of rotatable bonds is 4. The van der Waals surface area contributed by atoms with Crippen molar-refractivity contribution < 1.29 is 14.5 Å². The fourth-order valence-corrected chi connectivity index (χ4v) is 2.36. The molecule has 8 heteroatoms. The van der Waals surface area contributed by atoms with E-state index < -0.39 is 4.92 Å². The van der Waals surface area contributed by atoms with E-state index >= 15 is 0 Å². The summed E-state index contributed by atoms with van der Waals surface area (Å²) < 4.78 is 5.16. The van der Waals surface area contributed by atoms with Crippen molar-refractivity contribution in [2.45, 2.75) is 38.8 Å². The Hall–Kier alpha value is -2.38. The van der Waals surface area contributed by atoms with Gasteiger partial charge < -0.3 is 15.0 Å². The maximum Gasteiger partial charge on any atom is 0.410 e. The van der Waals surface area contributed by atoms with Gasteiger partial charge >= 0.3 is 11.8 Å². The van der Waals surface area contributed by atoms with E-state index in [1.165, 1.54) is 12.4 Å². The molecule has 0 saturated carbocycles. The van der Waals surface area contributed by atoms with Crippen molar-refractivity contribution in [3.8, 4) is 0 Å². The van der Waals surface area contributed by atoms with Crippen LogP contribution in [0.5, 0.6) is 0 Å². The van der Waals surface area contributed by atoms with E-state index in [2.05, 4.69) is 10.3 Å². The first-order chi connectivity index (χ1) is 10.5. The van der Waals surface area contributed by atoms with E-state index in [0.717, 1.165) is 0 Å². The van der Waals surface area contributed by atoms with E-state index in [9.17, 15) is 14.9 Å². The van der Waals surface area contributed by atoms with Gasteiger partial charge in [0.05, 0.1) is 11.0 Å². The molecule has 0 radical (unpaired) electrons. The van der Waals surface area contributed by atoms with Crippen LogP contribution in [-0.4, -0.2) is 46.1 Å². The molecule has 0 aromatic carbocycles. The molecule has 0 aliphatic carbocycles. The molecule has 0 bridgehead atoms. The SMILES string of the molecule is CC(C)OC(=O)N1CCC(Nc2ccncc2[N+](=O)[O-])CC1. The van der Waals surface area contributed by atoms with Crippen molar-refractivity contribution in [3.05, 3.63) is 28.6 Å². The van der Waals surface area contributed by atoms with Crippen LogP contribution >= 0.6 is 0 Å². The van der Waals surface area contributed by atoms with Gasteiger partial charge in [0.2, 0.25) is 0 Å². The van der Waals surface area contributed by atoms with Gasteiger partial charge in [0.1, 0.15) is 11.9 Å². The summed E-state index contributed by atoms with van der Waals surface area (Å²) in [6.07, 6.45) is 3.74. The molecule has 1 aliphatic rings. The van der Waals surface area contributed by atoms with Crippen LogP contribution in [0.2, 0.25) is 0 Å². The van der Waals surface area contributed by atoms with Crippen LogP contribution in [0, 0.1) is 10.1 Å². The topological polar surface area (TPSA) is 97.6 Å². The second kappa shape index (κ2) is 7.06. The summed E-state index contributed by atoms with van der Waals surface area (Å²) in [4.78, 5) is 27.7. The summed E-state index contributed by atoms with van der Waals surface area (Å²) in [7, 11) is 0. The molecule has 1 aromatic heterocycles. The Morgan fingerprint density at radius 1 is 1.50 bits per heavy atom. The van der Waals surface area contributed by atoms with Crippen LogP contribution in [0.1, 0.15) is 26.7 Å². The van der Waals surface area contributed by atoms with Crippen LogP contribution in [-0.2, 0) is 4.74 Å². The molecular weight excluding hydrogens is 288 g/mol. The summed E-state index contributed by atoms with van der Waals surface area (Å²) in [5.41, 5.74) is 0.423. The third kappa shape index (κ3) is 4.06. The Balaban J connectivity index is 1.90. The lowest BCUT2D eigenvalue weighted by molar-refractivity contribution is -0.384. The van der Waals surface area contributed by atoms with Crippen molar-refractivity contribution in [3.63, 3.8) is 0 Å². The Morgan fingerprint density at radius 3 is 2.77 bits per heavy atom. The fourth-order valence-electron chi connectivity index (χ4n) is 2.36. The largest absolute Gasteiger partial charge is 0.447 e. The number of hydrogen-bond acceptors (Lipinski definition) is 6. The van der Waals surface area contributed by atoms with Crippen molar-refractivity contribution in [2.24, 2.45) is 0 Å². The van der Waals surface area contributed by atoms with Gasteiger partial charge in [-0.15, -0.1) is 0 Å². The first-order valence-corrected chi connectivity index (χ1v) is 7.28. The lowest BCUT2D eigenvalue weighted by atomic mass is 10.1. The summed E-state index contributed by atoms with van der Waals surface area (Å²) in [6, 6.07) is 1.68. The summed E-state index contributed by atoms with van der Waals surface area (Å²) in [5.74, 6) is 0. The predicted octanol–water partition coefficient (Wildman–Crippen LogP) is 2.41. The highest BCUT2D eigenvalue weighted by atomic mass is 16.6. The normalized spacial score (nSPS) is 15.7. The number of nitro groups is 1. The Labute approximate surface area is 128 Å². The quantitative estimate of drug-likeness (QED) is 0.677. The van der Waals surface area contributed by atoms with E-state index in [-0.39, 0.29) is 23.9 Å². The molecule has 0 spiro atoms. The number of amides is 1. The van der Waals surface area contributed by atoms with Gasteiger partial charge in [-0.25, -0.2) is 4.79 Å². The van der Waals surface area contributed by atoms with Crippen LogP contribution in [0.4, 0.5) is 16.2 Å². The third-order valence-electron chi connectivity index (χ3n) is 3.45. The second-order valence-corrected chi connectivity index (χ2v) is 5.49. The zero-order chi connectivity index (χ0) is 16.1. The maximum absolute atomic E-state index is 11.8. The molecule has 120 valence electrons. The van der Waals surface area contributed by atoms with E-state index in [0.29, 0.717) is 31.6 Å². The van der Waals surface area contributed by atoms with Crippen molar-refractivity contribution >= 4 is 17.5 Å². The Bertz CT molecular complexity index is 541. The monoisotopic (exact) mass is 308 g/mol. The summed E-state index contributed by atoms with van der Waals surface area (Å²) in [6.45, 7) is 4.77. The Morgan fingerprint density at radius 2 is 2.18 bits per heavy atom. The predicted molar refractivity (Wildman–Crippen MR) is 80.7 cm³/mol. The average molecular weight is 308 g/mol. The van der Waals surface area contributed by atoms with Crippen molar-refractivity contribution in [1.29, 1.82) is 0 Å². The highest BCUT2D eigenvalue weighted by Crippen LogP contribution is 2.25. The number of piperidine rings is 1. The number of anilines is 1. The number of nitrogens with one attached hydrogen (secondary N) is 1. The van der Waals surface area contributed by atoms with Crippen LogP contribution in [0.25, 0.3) is 0 Å². The number of pyridine rings is 1. The van der Waals surface area contributed by atoms with Crippen LogP contribution in [0.15, 0.2) is 18.5 Å². The third-order valence-corrected chi connectivity index (χ3v) is 3.45. The van der Waals surface area contributed by atoms with Gasteiger partial charge in [0.25, 0.3) is 0 Å². The molecule has 1 aliphatic heterocycles. The van der Waals surface area contributed by atoms with Crippen molar-refractivity contribution in [1.82, 2.24) is 9.88 Å². The van der Waals surface area contributed by atoms with E-state index in [1.807, 2.05) is 13.8 Å².